The second-order valence-electron chi connectivity index (χ2n) is 3.93. The molecule has 2 nitrogen and oxygen atoms in total. The Morgan fingerprint density at radius 2 is 2.18 bits per heavy atom. The van der Waals surface area contributed by atoms with Crippen molar-refractivity contribution >= 4 is 5.97 Å². The topological polar surface area (TPSA) is 37.3 Å². The number of hydrogen-bond acceptors (Lipinski definition) is 1. The minimum absolute atomic E-state index is 0.383. The summed E-state index contributed by atoms with van der Waals surface area (Å²) in [5.74, 6) is 2.06. The highest BCUT2D eigenvalue weighted by Gasteiger charge is 2.46. The highest BCUT2D eigenvalue weighted by molar-refractivity contribution is 5.66. The summed E-state index contributed by atoms with van der Waals surface area (Å²) in [6.45, 7) is 0. The maximum absolute atomic E-state index is 10.2. The van der Waals surface area contributed by atoms with Crippen molar-refractivity contribution in [2.24, 2.45) is 17.8 Å². The Balaban J connectivity index is 1.63. The SMILES string of the molecule is O=C(O)CC[C@@H]1C[C@H]1C1CC1. The van der Waals surface area contributed by atoms with Gasteiger partial charge in [-0.2, -0.15) is 0 Å². The molecule has 1 N–H and O–H groups in total. The molecule has 0 unspecified atom stereocenters. The first kappa shape index (κ1) is 7.14. The molecule has 0 aromatic heterocycles. The number of aliphatic carboxylic acids is 1. The van der Waals surface area contributed by atoms with Crippen LogP contribution in [0.3, 0.4) is 0 Å². The molecule has 2 aliphatic carbocycles. The summed E-state index contributed by atoms with van der Waals surface area (Å²) in [5, 5.41) is 8.43. The number of carbonyl (C=O) groups is 1. The molecule has 0 heterocycles. The van der Waals surface area contributed by atoms with Crippen molar-refractivity contribution < 1.29 is 9.90 Å². The first-order valence-corrected chi connectivity index (χ1v) is 4.49. The molecule has 0 radical (unpaired) electrons. The van der Waals surface area contributed by atoms with Crippen molar-refractivity contribution in [1.82, 2.24) is 0 Å². The molecule has 2 fully saturated rings. The standard InChI is InChI=1S/C9H14O2/c10-9(11)4-3-7-5-8(7)6-1-2-6/h6-8H,1-5H2,(H,10,11)/t7-,8+/m1/s1. The molecule has 0 aliphatic heterocycles. The van der Waals surface area contributed by atoms with Gasteiger partial charge in [-0.3, -0.25) is 4.79 Å². The molecule has 2 aliphatic rings. The van der Waals surface area contributed by atoms with E-state index in [1.54, 1.807) is 0 Å². The summed E-state index contributed by atoms with van der Waals surface area (Å²) < 4.78 is 0. The molecular weight excluding hydrogens is 140 g/mol. The van der Waals surface area contributed by atoms with Crippen LogP contribution in [0.4, 0.5) is 0 Å². The highest BCUT2D eigenvalue weighted by atomic mass is 16.4. The lowest BCUT2D eigenvalue weighted by Gasteiger charge is -1.93. The fourth-order valence-electron chi connectivity index (χ4n) is 2.01. The van der Waals surface area contributed by atoms with Gasteiger partial charge in [0.25, 0.3) is 0 Å². The largest absolute Gasteiger partial charge is 0.481 e. The van der Waals surface area contributed by atoms with Crippen molar-refractivity contribution in [1.29, 1.82) is 0 Å². The van der Waals surface area contributed by atoms with E-state index in [0.29, 0.717) is 6.42 Å². The van der Waals surface area contributed by atoms with Gasteiger partial charge in [-0.25, -0.2) is 0 Å². The van der Waals surface area contributed by atoms with E-state index in [1.165, 1.54) is 19.3 Å². The van der Waals surface area contributed by atoms with Gasteiger partial charge < -0.3 is 5.11 Å². The Hall–Kier alpha value is -0.530. The van der Waals surface area contributed by atoms with E-state index >= 15 is 0 Å². The first-order valence-electron chi connectivity index (χ1n) is 4.49. The Labute approximate surface area is 66.6 Å². The normalized spacial score (nSPS) is 35.3. The molecule has 0 bridgehead atoms. The van der Waals surface area contributed by atoms with Gasteiger partial charge in [-0.05, 0) is 43.4 Å². The quantitative estimate of drug-likeness (QED) is 0.671. The average Bonchev–Trinajstić information content (AvgIpc) is 2.79. The molecule has 2 atom stereocenters. The molecule has 2 heteroatoms. The second kappa shape index (κ2) is 2.50. The summed E-state index contributed by atoms with van der Waals surface area (Å²) >= 11 is 0. The minimum Gasteiger partial charge on any atom is -0.481 e. The second-order valence-corrected chi connectivity index (χ2v) is 3.93. The predicted molar refractivity (Wildman–Crippen MR) is 41.2 cm³/mol. The van der Waals surface area contributed by atoms with Gasteiger partial charge in [0, 0.05) is 6.42 Å². The molecule has 2 rings (SSSR count). The summed E-state index contributed by atoms with van der Waals surface area (Å²) in [6, 6.07) is 0. The third kappa shape index (κ3) is 1.73. The molecule has 0 aromatic rings. The average molecular weight is 154 g/mol. The molecule has 62 valence electrons. The van der Waals surface area contributed by atoms with Crippen LogP contribution in [0, 0.1) is 17.8 Å². The third-order valence-electron chi connectivity index (χ3n) is 2.93. The summed E-state index contributed by atoms with van der Waals surface area (Å²) in [5.41, 5.74) is 0. The molecule has 2 saturated carbocycles. The van der Waals surface area contributed by atoms with Crippen molar-refractivity contribution in [3.8, 4) is 0 Å². The lowest BCUT2D eigenvalue weighted by Crippen LogP contribution is -1.95. The fraction of sp³-hybridized carbons (Fsp3) is 0.889. The van der Waals surface area contributed by atoms with Gasteiger partial charge in [0.05, 0.1) is 0 Å². The van der Waals surface area contributed by atoms with Crippen LogP contribution in [0.25, 0.3) is 0 Å². The van der Waals surface area contributed by atoms with Crippen LogP contribution in [-0.2, 0) is 4.79 Å². The number of carboxylic acids is 1. The predicted octanol–water partition coefficient (Wildman–Crippen LogP) is 1.90. The lowest BCUT2D eigenvalue weighted by molar-refractivity contribution is -0.137. The lowest BCUT2D eigenvalue weighted by atomic mass is 10.1. The number of carboxylic acid groups (broad SMARTS) is 1. The Morgan fingerprint density at radius 3 is 2.73 bits per heavy atom. The molecular formula is C9H14O2. The smallest absolute Gasteiger partial charge is 0.303 e. The van der Waals surface area contributed by atoms with Crippen LogP contribution in [-0.4, -0.2) is 11.1 Å². The van der Waals surface area contributed by atoms with Crippen LogP contribution < -0.4 is 0 Å². The fourth-order valence-corrected chi connectivity index (χ4v) is 2.01. The zero-order chi connectivity index (χ0) is 7.84. The van der Waals surface area contributed by atoms with E-state index in [-0.39, 0.29) is 0 Å². The number of hydrogen-bond donors (Lipinski definition) is 1. The molecule has 11 heavy (non-hydrogen) atoms. The highest BCUT2D eigenvalue weighted by Crippen LogP contribution is 2.55. The summed E-state index contributed by atoms with van der Waals surface area (Å²) in [6.07, 6.45) is 5.45. The molecule has 0 aromatic carbocycles. The van der Waals surface area contributed by atoms with E-state index in [4.69, 9.17) is 5.11 Å². The van der Waals surface area contributed by atoms with E-state index in [1.807, 2.05) is 0 Å². The zero-order valence-corrected chi connectivity index (χ0v) is 6.62. The van der Waals surface area contributed by atoms with Gasteiger partial charge in [-0.15, -0.1) is 0 Å². The molecule has 0 amide bonds. The van der Waals surface area contributed by atoms with Crippen LogP contribution in [0.1, 0.15) is 32.1 Å². The van der Waals surface area contributed by atoms with Crippen LogP contribution in [0.2, 0.25) is 0 Å². The van der Waals surface area contributed by atoms with E-state index in [2.05, 4.69) is 0 Å². The van der Waals surface area contributed by atoms with Gasteiger partial charge in [0.15, 0.2) is 0 Å². The third-order valence-corrected chi connectivity index (χ3v) is 2.93. The van der Waals surface area contributed by atoms with Crippen molar-refractivity contribution in [2.45, 2.75) is 32.1 Å². The Morgan fingerprint density at radius 1 is 1.45 bits per heavy atom. The van der Waals surface area contributed by atoms with Crippen molar-refractivity contribution in [3.63, 3.8) is 0 Å². The molecule has 0 saturated heterocycles. The monoisotopic (exact) mass is 154 g/mol. The Bertz CT molecular complexity index is 172. The van der Waals surface area contributed by atoms with E-state index in [9.17, 15) is 4.79 Å². The maximum atomic E-state index is 10.2. The van der Waals surface area contributed by atoms with Crippen LogP contribution >= 0.6 is 0 Å². The Kier molecular flexibility index (Phi) is 1.63. The van der Waals surface area contributed by atoms with Crippen LogP contribution in [0.5, 0.6) is 0 Å². The zero-order valence-electron chi connectivity index (χ0n) is 6.62. The van der Waals surface area contributed by atoms with E-state index < -0.39 is 5.97 Å². The van der Waals surface area contributed by atoms with Gasteiger partial charge >= 0.3 is 5.97 Å². The first-order chi connectivity index (χ1) is 5.27. The van der Waals surface area contributed by atoms with Crippen molar-refractivity contribution in [2.75, 3.05) is 0 Å². The van der Waals surface area contributed by atoms with Crippen LogP contribution in [0.15, 0.2) is 0 Å². The molecule has 0 spiro atoms. The summed E-state index contributed by atoms with van der Waals surface area (Å²) in [4.78, 5) is 10.2. The number of rotatable bonds is 4. The maximum Gasteiger partial charge on any atom is 0.303 e. The minimum atomic E-state index is -0.633. The van der Waals surface area contributed by atoms with Gasteiger partial charge in [-0.1, -0.05) is 0 Å². The van der Waals surface area contributed by atoms with Gasteiger partial charge in [0.1, 0.15) is 0 Å². The van der Waals surface area contributed by atoms with Gasteiger partial charge in [0.2, 0.25) is 0 Å². The van der Waals surface area contributed by atoms with E-state index in [0.717, 1.165) is 24.2 Å². The van der Waals surface area contributed by atoms with Crippen molar-refractivity contribution in [3.05, 3.63) is 0 Å². The summed E-state index contributed by atoms with van der Waals surface area (Å²) in [7, 11) is 0.